The van der Waals surface area contributed by atoms with Crippen LogP contribution in [-0.4, -0.2) is 33.0 Å². The molecule has 0 bridgehead atoms. The Morgan fingerprint density at radius 1 is 1.46 bits per heavy atom. The molecule has 0 radical (unpaired) electrons. The van der Waals surface area contributed by atoms with Crippen LogP contribution in [0.2, 0.25) is 0 Å². The van der Waals surface area contributed by atoms with Crippen LogP contribution in [-0.2, 0) is 6.42 Å². The lowest BCUT2D eigenvalue weighted by atomic mass is 9.85. The minimum atomic E-state index is -2.71. The number of nitrogens with one attached hydrogen (secondary N) is 1. The molecule has 3 heterocycles. The third kappa shape index (κ3) is 3.47. The topological polar surface area (TPSA) is 59.3 Å². The number of nitrogens with zero attached hydrogens (tertiary/aromatic N) is 3. The summed E-state index contributed by atoms with van der Waals surface area (Å²) in [6.07, 6.45) is 6.94. The van der Waals surface area contributed by atoms with E-state index in [2.05, 4.69) is 27.7 Å². The van der Waals surface area contributed by atoms with E-state index >= 15 is 0 Å². The summed E-state index contributed by atoms with van der Waals surface area (Å²) in [5.41, 5.74) is 2.35. The third-order valence-electron chi connectivity index (χ3n) is 5.19. The number of amides is 1. The fourth-order valence-corrected chi connectivity index (χ4v) is 4.55. The van der Waals surface area contributed by atoms with Gasteiger partial charge in [0, 0.05) is 35.5 Å². The predicted molar refractivity (Wildman–Crippen MR) is 103 cm³/mol. The van der Waals surface area contributed by atoms with E-state index < -0.39 is 17.7 Å². The molecule has 4 rings (SSSR count). The largest absolute Gasteiger partial charge is 0.349 e. The van der Waals surface area contributed by atoms with Crippen molar-refractivity contribution < 1.29 is 13.6 Å². The van der Waals surface area contributed by atoms with Crippen molar-refractivity contribution in [2.75, 3.05) is 6.54 Å². The highest BCUT2D eigenvalue weighted by Gasteiger charge is 2.41. The molecular formula is C20H20F2N4OS. The first-order valence-corrected chi connectivity index (χ1v) is 10.2. The molecule has 8 heteroatoms. The van der Waals surface area contributed by atoms with E-state index in [0.29, 0.717) is 25.0 Å². The van der Waals surface area contributed by atoms with Gasteiger partial charge in [-0.2, -0.15) is 9.61 Å². The Hall–Kier alpha value is -2.53. The van der Waals surface area contributed by atoms with E-state index in [1.165, 1.54) is 11.3 Å². The standard InChI is InChI=1S/C20H20F2N4OS/c1-2-16-17(14-12-24-26-10-6-4-8-15(14)26)25-19(28-16)18(27)23-11-13-7-3-5-9-20(13,21)22/h4,8,12-13H,2-3,5,7,9,11H2,1H3,(H,23,27). The molecule has 5 nitrogen and oxygen atoms in total. The van der Waals surface area contributed by atoms with Gasteiger partial charge >= 0.3 is 0 Å². The zero-order chi connectivity index (χ0) is 19.7. The van der Waals surface area contributed by atoms with Gasteiger partial charge in [0.05, 0.1) is 17.4 Å². The maximum atomic E-state index is 14.0. The van der Waals surface area contributed by atoms with Gasteiger partial charge in [0.15, 0.2) is 5.01 Å². The Morgan fingerprint density at radius 3 is 3.11 bits per heavy atom. The molecule has 3 aromatic rings. The Labute approximate surface area is 165 Å². The van der Waals surface area contributed by atoms with E-state index in [4.69, 9.17) is 0 Å². The number of alkyl halides is 2. The lowest BCUT2D eigenvalue weighted by Gasteiger charge is -2.31. The SMILES string of the molecule is CCc1sc(C(=O)NCC2CCCCC2(F)F)nc1-c1cnn2c#cccc12. The molecule has 1 aliphatic carbocycles. The average Bonchev–Trinajstić information content (AvgIpc) is 3.30. The number of thiazole rings is 1. The predicted octanol–water partition coefficient (Wildman–Crippen LogP) is 4.18. The second-order valence-electron chi connectivity index (χ2n) is 7.00. The summed E-state index contributed by atoms with van der Waals surface area (Å²) in [5, 5.41) is 7.21. The molecule has 1 N–H and O–H groups in total. The monoisotopic (exact) mass is 402 g/mol. The lowest BCUT2D eigenvalue weighted by molar-refractivity contribution is -0.0835. The van der Waals surface area contributed by atoms with Gasteiger partial charge in [-0.3, -0.25) is 4.79 Å². The number of hydrogen-bond acceptors (Lipinski definition) is 4. The van der Waals surface area contributed by atoms with Crippen LogP contribution in [0.1, 0.15) is 47.3 Å². The summed E-state index contributed by atoms with van der Waals surface area (Å²) >= 11 is 1.30. The summed E-state index contributed by atoms with van der Waals surface area (Å²) in [4.78, 5) is 18.0. The highest BCUT2D eigenvalue weighted by Crippen LogP contribution is 2.38. The number of rotatable bonds is 5. The fraction of sp³-hybridized carbons (Fsp3) is 0.450. The Balaban J connectivity index is 1.55. The summed E-state index contributed by atoms with van der Waals surface area (Å²) < 4.78 is 29.6. The molecule has 1 saturated carbocycles. The number of hydrogen-bond donors (Lipinski definition) is 1. The van der Waals surface area contributed by atoms with E-state index in [1.807, 2.05) is 13.0 Å². The normalized spacial score (nSPS) is 18.8. The average molecular weight is 402 g/mol. The van der Waals surface area contributed by atoms with Crippen LogP contribution < -0.4 is 5.32 Å². The van der Waals surface area contributed by atoms with Crippen molar-refractivity contribution in [2.45, 2.75) is 45.0 Å². The van der Waals surface area contributed by atoms with Gasteiger partial charge in [-0.05, 0) is 37.5 Å². The van der Waals surface area contributed by atoms with Gasteiger partial charge < -0.3 is 5.32 Å². The van der Waals surface area contributed by atoms with Gasteiger partial charge in [0.1, 0.15) is 0 Å². The van der Waals surface area contributed by atoms with Gasteiger partial charge in [0.2, 0.25) is 0 Å². The lowest BCUT2D eigenvalue weighted by Crippen LogP contribution is -2.40. The van der Waals surface area contributed by atoms with Crippen LogP contribution in [0, 0.1) is 18.2 Å². The molecular weight excluding hydrogens is 382 g/mol. The van der Waals surface area contributed by atoms with Crippen molar-refractivity contribution in [3.8, 4) is 11.3 Å². The highest BCUT2D eigenvalue weighted by molar-refractivity contribution is 7.14. The second-order valence-corrected chi connectivity index (χ2v) is 8.09. The number of carbonyl (C=O) groups excluding carboxylic acids is 1. The summed E-state index contributed by atoms with van der Waals surface area (Å²) in [6.45, 7) is 1.97. The number of carbonyl (C=O) groups is 1. The quantitative estimate of drug-likeness (QED) is 0.697. The molecule has 146 valence electrons. The van der Waals surface area contributed by atoms with Gasteiger partial charge in [-0.15, -0.1) is 11.3 Å². The zero-order valence-electron chi connectivity index (χ0n) is 15.5. The Morgan fingerprint density at radius 2 is 2.32 bits per heavy atom. The zero-order valence-corrected chi connectivity index (χ0v) is 16.3. The molecule has 3 aromatic heterocycles. The van der Waals surface area contributed by atoms with Crippen LogP contribution in [0.15, 0.2) is 18.3 Å². The van der Waals surface area contributed by atoms with Crippen molar-refractivity contribution in [3.05, 3.63) is 40.5 Å². The molecule has 1 amide bonds. The smallest absolute Gasteiger partial charge is 0.280 e. The van der Waals surface area contributed by atoms with Crippen molar-refractivity contribution in [1.82, 2.24) is 19.9 Å². The number of aryl methyl sites for hydroxylation is 1. The van der Waals surface area contributed by atoms with Crippen LogP contribution in [0.5, 0.6) is 0 Å². The number of fused-ring (bicyclic) bond motifs is 1. The molecule has 0 aromatic carbocycles. The van der Waals surface area contributed by atoms with Crippen LogP contribution in [0.3, 0.4) is 0 Å². The second kappa shape index (κ2) is 7.47. The number of aromatic nitrogens is 3. The Bertz CT molecular complexity index is 997. The molecule has 0 aliphatic heterocycles. The first-order chi connectivity index (χ1) is 13.5. The van der Waals surface area contributed by atoms with Crippen molar-refractivity contribution in [1.29, 1.82) is 0 Å². The van der Waals surface area contributed by atoms with Gasteiger partial charge in [-0.25, -0.2) is 13.8 Å². The summed E-state index contributed by atoms with van der Waals surface area (Å²) in [5.74, 6) is -3.91. The molecule has 1 fully saturated rings. The van der Waals surface area contributed by atoms with Gasteiger partial charge in [-0.1, -0.05) is 13.3 Å². The molecule has 0 saturated heterocycles. The minimum absolute atomic E-state index is 0.0241. The van der Waals surface area contributed by atoms with E-state index in [0.717, 1.165) is 22.4 Å². The van der Waals surface area contributed by atoms with E-state index in [9.17, 15) is 13.6 Å². The van der Waals surface area contributed by atoms with E-state index in [-0.39, 0.29) is 18.0 Å². The Kier molecular flexibility index (Phi) is 5.02. The first kappa shape index (κ1) is 18.8. The van der Waals surface area contributed by atoms with E-state index in [1.54, 1.807) is 16.8 Å². The summed E-state index contributed by atoms with van der Waals surface area (Å²) in [7, 11) is 0. The fourth-order valence-electron chi connectivity index (χ4n) is 3.62. The first-order valence-electron chi connectivity index (χ1n) is 9.42. The molecule has 28 heavy (non-hydrogen) atoms. The van der Waals surface area contributed by atoms with Crippen molar-refractivity contribution >= 4 is 22.8 Å². The van der Waals surface area contributed by atoms with Crippen LogP contribution in [0.4, 0.5) is 8.78 Å². The minimum Gasteiger partial charge on any atom is -0.349 e. The van der Waals surface area contributed by atoms with Crippen molar-refractivity contribution in [3.63, 3.8) is 0 Å². The molecule has 1 aliphatic rings. The summed E-state index contributed by atoms with van der Waals surface area (Å²) in [6, 6.07) is 6.45. The molecule has 1 atom stereocenters. The maximum Gasteiger partial charge on any atom is 0.280 e. The maximum absolute atomic E-state index is 14.0. The molecule has 1 unspecified atom stereocenters. The number of halogens is 2. The van der Waals surface area contributed by atoms with Gasteiger partial charge in [0.25, 0.3) is 11.8 Å². The van der Waals surface area contributed by atoms with Crippen LogP contribution in [0.25, 0.3) is 16.8 Å². The highest BCUT2D eigenvalue weighted by atomic mass is 32.1. The third-order valence-corrected chi connectivity index (χ3v) is 6.39. The van der Waals surface area contributed by atoms with Crippen molar-refractivity contribution in [2.24, 2.45) is 5.92 Å². The molecule has 0 spiro atoms. The van der Waals surface area contributed by atoms with Crippen LogP contribution >= 0.6 is 11.3 Å².